The number of amides is 2. The van der Waals surface area contributed by atoms with E-state index in [1.54, 1.807) is 39.6 Å². The van der Waals surface area contributed by atoms with Crippen LogP contribution in [0.25, 0.3) is 22.1 Å². The van der Waals surface area contributed by atoms with Crippen molar-refractivity contribution in [1.29, 1.82) is 0 Å². The molecule has 236 valence electrons. The largest absolute Gasteiger partial charge is 0.497 e. The molecule has 3 aromatic rings. The molecule has 2 amide bonds. The summed E-state index contributed by atoms with van der Waals surface area (Å²) in [6.07, 6.45) is 9.49. The third-order valence-corrected chi connectivity index (χ3v) is 8.82. The summed E-state index contributed by atoms with van der Waals surface area (Å²) in [5.41, 5.74) is 5.70. The van der Waals surface area contributed by atoms with Gasteiger partial charge >= 0.3 is 6.09 Å². The lowest BCUT2D eigenvalue weighted by molar-refractivity contribution is -0.123. The molecule has 1 fully saturated rings. The van der Waals surface area contributed by atoms with Crippen LogP contribution in [0.15, 0.2) is 52.0 Å². The topological polar surface area (TPSA) is 111 Å². The molecule has 1 aromatic heterocycles. The maximum atomic E-state index is 13.2. The Hall–Kier alpha value is -3.66. The lowest BCUT2D eigenvalue weighted by atomic mass is 9.79. The van der Waals surface area contributed by atoms with Crippen LogP contribution in [0.2, 0.25) is 0 Å². The van der Waals surface area contributed by atoms with Crippen molar-refractivity contribution in [1.82, 2.24) is 10.7 Å². The molecule has 1 spiro atoms. The minimum Gasteiger partial charge on any atom is -0.497 e. The van der Waals surface area contributed by atoms with Crippen molar-refractivity contribution in [3.05, 3.63) is 53.6 Å². The summed E-state index contributed by atoms with van der Waals surface area (Å²) in [4.78, 5) is 25.7. The van der Waals surface area contributed by atoms with Crippen molar-refractivity contribution < 1.29 is 28.2 Å². The molecular weight excluding hydrogens is 578 g/mol. The van der Waals surface area contributed by atoms with Crippen LogP contribution in [0, 0.1) is 0 Å². The highest BCUT2D eigenvalue weighted by Crippen LogP contribution is 2.44. The third-order valence-electron chi connectivity index (χ3n) is 8.17. The molecule has 44 heavy (non-hydrogen) atoms. The first-order valence-corrected chi connectivity index (χ1v) is 16.7. The number of nitrogens with zero attached hydrogens (tertiary/aromatic N) is 1. The molecule has 1 saturated carbocycles. The molecule has 2 aliphatic rings. The highest BCUT2D eigenvalue weighted by Gasteiger charge is 2.37. The second-order valence-electron chi connectivity index (χ2n) is 12.6. The Labute approximate surface area is 263 Å². The van der Waals surface area contributed by atoms with Gasteiger partial charge in [-0.05, 0) is 113 Å². The maximum absolute atomic E-state index is 13.2. The van der Waals surface area contributed by atoms with Crippen LogP contribution in [-0.4, -0.2) is 48.4 Å². The quantitative estimate of drug-likeness (QED) is 0.269. The molecule has 2 aromatic carbocycles. The molecule has 5 rings (SSSR count). The second-order valence-corrected chi connectivity index (χ2v) is 13.6. The summed E-state index contributed by atoms with van der Waals surface area (Å²) in [5, 5.41) is 7.97. The van der Waals surface area contributed by atoms with Crippen molar-refractivity contribution in [2.24, 2.45) is 5.10 Å². The summed E-state index contributed by atoms with van der Waals surface area (Å²) in [6.45, 7) is 5.33. The van der Waals surface area contributed by atoms with Gasteiger partial charge in [-0.15, -0.1) is 5.10 Å². The van der Waals surface area contributed by atoms with E-state index in [0.717, 1.165) is 53.7 Å². The van der Waals surface area contributed by atoms with Crippen LogP contribution in [0.3, 0.4) is 0 Å². The number of ether oxygens (including phenoxy) is 3. The fraction of sp³-hybridized carbons (Fsp3) is 0.500. The van der Waals surface area contributed by atoms with E-state index in [9.17, 15) is 9.59 Å². The highest BCUT2D eigenvalue weighted by atomic mass is 32.2. The fourth-order valence-electron chi connectivity index (χ4n) is 5.94. The van der Waals surface area contributed by atoms with Gasteiger partial charge in [-0.3, -0.25) is 4.79 Å². The van der Waals surface area contributed by atoms with Crippen LogP contribution in [0.5, 0.6) is 11.5 Å². The van der Waals surface area contributed by atoms with Crippen molar-refractivity contribution in [3.63, 3.8) is 0 Å². The van der Waals surface area contributed by atoms with E-state index in [1.165, 1.54) is 24.8 Å². The number of benzene rings is 2. The van der Waals surface area contributed by atoms with E-state index in [1.807, 2.05) is 42.7 Å². The number of carbonyl (C=O) groups is 2. The van der Waals surface area contributed by atoms with Crippen LogP contribution in [-0.2, 0) is 16.0 Å². The zero-order chi connectivity index (χ0) is 31.3. The fourth-order valence-corrected chi connectivity index (χ4v) is 6.41. The van der Waals surface area contributed by atoms with Crippen molar-refractivity contribution >= 4 is 34.7 Å². The summed E-state index contributed by atoms with van der Waals surface area (Å²) in [7, 11) is 1.64. The number of fused-ring (bicyclic) bond motifs is 2. The molecule has 2 N–H and O–H groups in total. The van der Waals surface area contributed by atoms with Crippen LogP contribution in [0.1, 0.15) is 71.3 Å². The zero-order valence-corrected chi connectivity index (χ0v) is 27.1. The van der Waals surface area contributed by atoms with Gasteiger partial charge in [-0.25, -0.2) is 10.2 Å². The average molecular weight is 622 g/mol. The number of alkyl carbamates (subject to hydrolysis) is 1. The van der Waals surface area contributed by atoms with Crippen molar-refractivity contribution in [2.75, 3.05) is 19.1 Å². The van der Waals surface area contributed by atoms with Crippen LogP contribution in [0.4, 0.5) is 4.79 Å². The molecule has 0 radical (unpaired) electrons. The summed E-state index contributed by atoms with van der Waals surface area (Å²) in [5.74, 6) is 1.82. The average Bonchev–Trinajstić information content (AvgIpc) is 3.00. The number of rotatable bonds is 8. The lowest BCUT2D eigenvalue weighted by Crippen LogP contribution is -2.47. The van der Waals surface area contributed by atoms with Gasteiger partial charge in [-0.2, -0.15) is 11.8 Å². The summed E-state index contributed by atoms with van der Waals surface area (Å²) in [6, 6.07) is 12.9. The Morgan fingerprint density at radius 3 is 2.50 bits per heavy atom. The van der Waals surface area contributed by atoms with Gasteiger partial charge in [0.25, 0.3) is 5.91 Å². The Morgan fingerprint density at radius 1 is 1.07 bits per heavy atom. The van der Waals surface area contributed by atoms with E-state index in [-0.39, 0.29) is 11.2 Å². The molecule has 0 unspecified atom stereocenters. The van der Waals surface area contributed by atoms with Gasteiger partial charge in [0, 0.05) is 17.5 Å². The predicted octanol–water partition coefficient (Wildman–Crippen LogP) is 6.71. The number of hydrogen-bond donors (Lipinski definition) is 2. The Balaban J connectivity index is 1.49. The van der Waals surface area contributed by atoms with Gasteiger partial charge in [0.1, 0.15) is 34.3 Å². The molecule has 1 atom stereocenters. The first kappa shape index (κ1) is 31.8. The Morgan fingerprint density at radius 2 is 1.82 bits per heavy atom. The van der Waals surface area contributed by atoms with Gasteiger partial charge in [-0.1, -0.05) is 18.6 Å². The Kier molecular flexibility index (Phi) is 9.78. The number of methoxy groups -OCH3 is 1. The van der Waals surface area contributed by atoms with Gasteiger partial charge in [0.15, 0.2) is 0 Å². The van der Waals surface area contributed by atoms with Crippen LogP contribution >= 0.6 is 11.8 Å². The van der Waals surface area contributed by atoms with E-state index in [2.05, 4.69) is 21.9 Å². The predicted molar refractivity (Wildman–Crippen MR) is 173 cm³/mol. The smallest absolute Gasteiger partial charge is 0.408 e. The van der Waals surface area contributed by atoms with E-state index < -0.39 is 23.6 Å². The number of carbonyl (C=O) groups excluding carboxylic acids is 2. The number of nitrogens with one attached hydrogen (secondary N) is 2. The third kappa shape index (κ3) is 7.70. The molecule has 10 heteroatoms. The second kappa shape index (κ2) is 13.5. The lowest BCUT2D eigenvalue weighted by Gasteiger charge is -2.41. The van der Waals surface area contributed by atoms with Gasteiger partial charge in [0.05, 0.1) is 7.11 Å². The van der Waals surface area contributed by atoms with Crippen molar-refractivity contribution in [3.8, 4) is 22.6 Å². The minimum absolute atomic E-state index is 0.0966. The SMILES string of the molecule is COc1ccc(-c2cc(=NNC(=O)[C@H](CCSC)NC(=O)OC(C)(C)C)oc3cc4c(cc23)CCC2(CCCCC2)O4)cc1. The van der Waals surface area contributed by atoms with E-state index in [0.29, 0.717) is 17.8 Å². The molecule has 9 nitrogen and oxygen atoms in total. The number of thioether (sulfide) groups is 1. The molecule has 0 bridgehead atoms. The standard InChI is InChI=1S/C34H43N3O6S/c1-33(2,3)43-32(39)35-27(14-18-44-5)31(38)37-36-30-20-25(22-9-11-24(40-4)12-10-22)26-19-23-13-17-34(15-7-6-8-16-34)42-28(23)21-29(26)41-30/h9-12,19-21,27H,6-8,13-18H2,1-5H3,(H,35,39)(H,37,38)/t27-/m0/s1. The highest BCUT2D eigenvalue weighted by molar-refractivity contribution is 7.98. The molecular formula is C34H43N3O6S. The first-order valence-electron chi connectivity index (χ1n) is 15.3. The van der Waals surface area contributed by atoms with E-state index >= 15 is 0 Å². The van der Waals surface area contributed by atoms with Crippen molar-refractivity contribution in [2.45, 2.75) is 89.4 Å². The number of hydrogen-bond acceptors (Lipinski definition) is 8. The van der Waals surface area contributed by atoms with Crippen LogP contribution < -0.4 is 25.8 Å². The normalized spacial score (nSPS) is 17.0. The van der Waals surface area contributed by atoms with Gasteiger partial charge < -0.3 is 23.9 Å². The molecule has 1 aliphatic heterocycles. The minimum atomic E-state index is -0.824. The summed E-state index contributed by atoms with van der Waals surface area (Å²) >= 11 is 1.58. The van der Waals surface area contributed by atoms with E-state index in [4.69, 9.17) is 18.6 Å². The Bertz CT molecular complexity index is 1550. The van der Waals surface area contributed by atoms with Gasteiger partial charge in [0.2, 0.25) is 5.55 Å². The maximum Gasteiger partial charge on any atom is 0.408 e. The zero-order valence-electron chi connectivity index (χ0n) is 26.3. The number of aryl methyl sites for hydroxylation is 1. The summed E-state index contributed by atoms with van der Waals surface area (Å²) < 4.78 is 23.7. The monoisotopic (exact) mass is 621 g/mol. The first-order chi connectivity index (χ1) is 21.1. The molecule has 2 heterocycles. The molecule has 0 saturated heterocycles. The molecule has 1 aliphatic carbocycles.